The van der Waals surface area contributed by atoms with Crippen molar-refractivity contribution in [1.82, 2.24) is 14.0 Å². The van der Waals surface area contributed by atoms with Crippen LogP contribution in [0.3, 0.4) is 0 Å². The number of nitrogens with zero attached hydrogens (tertiary/aromatic N) is 3. The minimum atomic E-state index is -3.63. The van der Waals surface area contributed by atoms with Gasteiger partial charge in [0.25, 0.3) is 10.0 Å². The third-order valence-electron chi connectivity index (χ3n) is 4.33. The number of rotatable bonds is 5. The van der Waals surface area contributed by atoms with Crippen molar-refractivity contribution in [3.8, 4) is 11.4 Å². The molecule has 0 aliphatic carbocycles. The molecule has 8 nitrogen and oxygen atoms in total. The molecule has 1 aromatic carbocycles. The summed E-state index contributed by atoms with van der Waals surface area (Å²) in [6.07, 6.45) is 1.70. The maximum absolute atomic E-state index is 12.5. The van der Waals surface area contributed by atoms with E-state index in [2.05, 4.69) is 5.16 Å². The topological polar surface area (TPSA) is 98.5 Å². The van der Waals surface area contributed by atoms with E-state index in [1.807, 2.05) is 18.2 Å². The third kappa shape index (κ3) is 2.99. The van der Waals surface area contributed by atoms with Crippen LogP contribution >= 0.6 is 0 Å². The predicted molar refractivity (Wildman–Crippen MR) is 92.0 cm³/mol. The first-order valence-electron chi connectivity index (χ1n) is 8.26. The lowest BCUT2D eigenvalue weighted by molar-refractivity contribution is 0.363. The van der Waals surface area contributed by atoms with Crippen molar-refractivity contribution >= 4 is 10.0 Å². The van der Waals surface area contributed by atoms with Gasteiger partial charge in [-0.2, -0.15) is 4.31 Å². The minimum Gasteiger partial charge on any atom is -0.446 e. The molecular formula is C17H17N3O5S. The van der Waals surface area contributed by atoms with Gasteiger partial charge < -0.3 is 4.42 Å². The first kappa shape index (κ1) is 16.8. The molecule has 0 radical (unpaired) electrons. The van der Waals surface area contributed by atoms with E-state index in [4.69, 9.17) is 8.94 Å². The molecule has 9 heteroatoms. The summed E-state index contributed by atoms with van der Waals surface area (Å²) in [5.41, 5.74) is 0.717. The lowest BCUT2D eigenvalue weighted by Crippen LogP contribution is -2.27. The Hall–Kier alpha value is -2.65. The second-order valence-electron chi connectivity index (χ2n) is 6.06. The molecule has 0 N–H and O–H groups in total. The quantitative estimate of drug-likeness (QED) is 0.676. The van der Waals surface area contributed by atoms with Gasteiger partial charge in [-0.25, -0.2) is 17.8 Å². The molecule has 1 fully saturated rings. The second-order valence-corrected chi connectivity index (χ2v) is 7.93. The van der Waals surface area contributed by atoms with Gasteiger partial charge in [-0.15, -0.1) is 0 Å². The van der Waals surface area contributed by atoms with Crippen LogP contribution in [0.15, 0.2) is 61.3 Å². The van der Waals surface area contributed by atoms with Gasteiger partial charge in [0.15, 0.2) is 5.82 Å². The number of sulfonamides is 1. The number of benzene rings is 1. The van der Waals surface area contributed by atoms with Gasteiger partial charge in [0.05, 0.1) is 6.54 Å². The van der Waals surface area contributed by atoms with Gasteiger partial charge in [-0.1, -0.05) is 35.5 Å². The summed E-state index contributed by atoms with van der Waals surface area (Å²) in [5.74, 6) is 0.0606. The molecule has 0 bridgehead atoms. The minimum absolute atomic E-state index is 0.0298. The first-order chi connectivity index (χ1) is 12.6. The number of hydrogen-bond acceptors (Lipinski definition) is 6. The molecule has 0 atom stereocenters. The summed E-state index contributed by atoms with van der Waals surface area (Å²) < 4.78 is 38.1. The van der Waals surface area contributed by atoms with Crippen LogP contribution in [0.5, 0.6) is 0 Å². The normalized spacial score (nSPS) is 15.5. The van der Waals surface area contributed by atoms with Crippen LogP contribution < -0.4 is 5.76 Å². The summed E-state index contributed by atoms with van der Waals surface area (Å²) in [6, 6.07) is 12.1. The Morgan fingerprint density at radius 2 is 1.77 bits per heavy atom. The molecule has 3 heterocycles. The van der Waals surface area contributed by atoms with Crippen molar-refractivity contribution in [2.75, 3.05) is 13.1 Å². The SMILES string of the molecule is O=c1onc(-c2ccccc2)n1Cc1ccc(S(=O)(=O)N2CCCC2)o1. The fraction of sp³-hybridized carbons (Fsp3) is 0.294. The van der Waals surface area contributed by atoms with E-state index in [0.717, 1.165) is 18.4 Å². The fourth-order valence-corrected chi connectivity index (χ4v) is 4.44. The molecule has 0 amide bonds. The smallest absolute Gasteiger partial charge is 0.442 e. The molecule has 2 aromatic heterocycles. The van der Waals surface area contributed by atoms with Crippen molar-refractivity contribution in [3.05, 3.63) is 58.8 Å². The molecule has 1 aliphatic rings. The standard InChI is InChI=1S/C17H17N3O5S/c21-17-20(16(18-25-17)13-6-2-1-3-7-13)12-14-8-9-15(24-14)26(22,23)19-10-4-5-11-19/h1-3,6-9H,4-5,10-12H2. The highest BCUT2D eigenvalue weighted by Crippen LogP contribution is 2.23. The Labute approximate surface area is 149 Å². The van der Waals surface area contributed by atoms with Crippen LogP contribution in [0.25, 0.3) is 11.4 Å². The van der Waals surface area contributed by atoms with Crippen molar-refractivity contribution in [2.45, 2.75) is 24.5 Å². The number of furan rings is 1. The average Bonchev–Trinajstić information content (AvgIpc) is 3.39. The highest BCUT2D eigenvalue weighted by Gasteiger charge is 2.30. The summed E-state index contributed by atoms with van der Waals surface area (Å²) in [7, 11) is -3.63. The van der Waals surface area contributed by atoms with Gasteiger partial charge in [0.2, 0.25) is 5.09 Å². The second kappa shape index (κ2) is 6.58. The van der Waals surface area contributed by atoms with E-state index in [1.165, 1.54) is 14.9 Å². The van der Waals surface area contributed by atoms with Crippen LogP contribution in [0.1, 0.15) is 18.6 Å². The lowest BCUT2D eigenvalue weighted by Gasteiger charge is -2.12. The van der Waals surface area contributed by atoms with Crippen molar-refractivity contribution in [1.29, 1.82) is 0 Å². The lowest BCUT2D eigenvalue weighted by atomic mass is 10.2. The Morgan fingerprint density at radius 3 is 2.50 bits per heavy atom. The zero-order chi connectivity index (χ0) is 18.1. The molecule has 1 saturated heterocycles. The highest BCUT2D eigenvalue weighted by atomic mass is 32.2. The molecule has 4 rings (SSSR count). The summed E-state index contributed by atoms with van der Waals surface area (Å²) in [5, 5.41) is 3.70. The monoisotopic (exact) mass is 375 g/mol. The van der Waals surface area contributed by atoms with Crippen LogP contribution in [0, 0.1) is 0 Å². The summed E-state index contributed by atoms with van der Waals surface area (Å²) >= 11 is 0. The molecule has 26 heavy (non-hydrogen) atoms. The Balaban J connectivity index is 1.63. The zero-order valence-corrected chi connectivity index (χ0v) is 14.7. The van der Waals surface area contributed by atoms with Crippen molar-refractivity contribution < 1.29 is 17.4 Å². The van der Waals surface area contributed by atoms with Crippen LogP contribution in [0.4, 0.5) is 0 Å². The average molecular weight is 375 g/mol. The number of aromatic nitrogens is 2. The first-order valence-corrected chi connectivity index (χ1v) is 9.70. The summed E-state index contributed by atoms with van der Waals surface area (Å²) in [6.45, 7) is 1.03. The van der Waals surface area contributed by atoms with E-state index in [9.17, 15) is 13.2 Å². The molecule has 0 saturated carbocycles. The van der Waals surface area contributed by atoms with Crippen molar-refractivity contribution in [2.24, 2.45) is 0 Å². The third-order valence-corrected chi connectivity index (χ3v) is 6.10. The van der Waals surface area contributed by atoms with E-state index in [0.29, 0.717) is 24.7 Å². The predicted octanol–water partition coefficient (Wildman–Crippen LogP) is 1.93. The zero-order valence-electron chi connectivity index (χ0n) is 13.9. The molecule has 3 aromatic rings. The Morgan fingerprint density at radius 1 is 1.04 bits per heavy atom. The summed E-state index contributed by atoms with van der Waals surface area (Å²) in [4.78, 5) is 12.0. The molecule has 0 spiro atoms. The van der Waals surface area contributed by atoms with Crippen LogP contribution in [-0.4, -0.2) is 35.5 Å². The van der Waals surface area contributed by atoms with Gasteiger partial charge in [0.1, 0.15) is 5.76 Å². The van der Waals surface area contributed by atoms with Crippen LogP contribution in [-0.2, 0) is 16.6 Å². The number of hydrogen-bond donors (Lipinski definition) is 0. The van der Waals surface area contributed by atoms with Gasteiger partial charge in [0, 0.05) is 18.7 Å². The molecule has 0 unspecified atom stereocenters. The van der Waals surface area contributed by atoms with Gasteiger partial charge in [-0.3, -0.25) is 4.52 Å². The van der Waals surface area contributed by atoms with Gasteiger partial charge in [-0.05, 0) is 25.0 Å². The van der Waals surface area contributed by atoms with E-state index in [1.54, 1.807) is 18.2 Å². The maximum atomic E-state index is 12.5. The Kier molecular flexibility index (Phi) is 4.25. The van der Waals surface area contributed by atoms with Gasteiger partial charge >= 0.3 is 5.76 Å². The van der Waals surface area contributed by atoms with Crippen LogP contribution in [0.2, 0.25) is 0 Å². The van der Waals surface area contributed by atoms with Crippen molar-refractivity contribution in [3.63, 3.8) is 0 Å². The van der Waals surface area contributed by atoms with E-state index < -0.39 is 15.8 Å². The van der Waals surface area contributed by atoms with E-state index >= 15 is 0 Å². The molecule has 136 valence electrons. The Bertz CT molecular complexity index is 1060. The highest BCUT2D eigenvalue weighted by molar-refractivity contribution is 7.89. The maximum Gasteiger partial charge on any atom is 0.442 e. The largest absolute Gasteiger partial charge is 0.446 e. The van der Waals surface area contributed by atoms with E-state index in [-0.39, 0.29) is 11.6 Å². The molecular weight excluding hydrogens is 358 g/mol. The fourth-order valence-electron chi connectivity index (χ4n) is 3.00. The molecule has 1 aliphatic heterocycles.